The molecule has 0 unspecified atom stereocenters. The van der Waals surface area contributed by atoms with Gasteiger partial charge in [0.1, 0.15) is 0 Å². The molecule has 3 N–H and O–H groups in total. The fourth-order valence-corrected chi connectivity index (χ4v) is 9.77. The van der Waals surface area contributed by atoms with Crippen molar-refractivity contribution in [3.8, 4) is 0 Å². The van der Waals surface area contributed by atoms with Crippen LogP contribution < -0.4 is 15.5 Å². The third kappa shape index (κ3) is 5.30. The van der Waals surface area contributed by atoms with Crippen LogP contribution in [0.25, 0.3) is 0 Å². The van der Waals surface area contributed by atoms with Crippen LogP contribution in [0.2, 0.25) is 18.6 Å². The highest BCUT2D eigenvalue weighted by Gasteiger charge is 2.67. The Morgan fingerprint density at radius 3 is 2.74 bits per heavy atom. The van der Waals surface area contributed by atoms with E-state index in [1.165, 1.54) is 0 Å². The molecule has 6 rings (SSSR count). The number of para-hydroxylation sites is 1. The van der Waals surface area contributed by atoms with Crippen LogP contribution in [0, 0.1) is 5.92 Å². The van der Waals surface area contributed by atoms with E-state index in [1.54, 1.807) is 28.9 Å². The largest absolute Gasteiger partial charge is 0.396 e. The highest BCUT2D eigenvalue weighted by molar-refractivity contribution is 6.72. The lowest BCUT2D eigenvalue weighted by atomic mass is 9.82. The van der Waals surface area contributed by atoms with E-state index < -0.39 is 31.6 Å². The molecule has 2 saturated heterocycles. The third-order valence-electron chi connectivity index (χ3n) is 9.12. The molecule has 3 aliphatic heterocycles. The maximum Gasteiger partial charge on any atom is 0.268 e. The second-order valence-corrected chi connectivity index (χ2v) is 16.1. The van der Waals surface area contributed by atoms with Gasteiger partial charge < -0.3 is 24.6 Å². The van der Waals surface area contributed by atoms with E-state index in [4.69, 9.17) is 4.74 Å². The molecule has 43 heavy (non-hydrogen) atoms. The van der Waals surface area contributed by atoms with Crippen LogP contribution in [-0.4, -0.2) is 65.6 Å². The zero-order valence-corrected chi connectivity index (χ0v) is 25.8. The molecule has 10 nitrogen and oxygen atoms in total. The summed E-state index contributed by atoms with van der Waals surface area (Å²) in [5, 5.41) is 23.8. The predicted octanol–water partition coefficient (Wildman–Crippen LogP) is 4.05. The van der Waals surface area contributed by atoms with Crippen molar-refractivity contribution >= 4 is 37.3 Å². The van der Waals surface area contributed by atoms with Gasteiger partial charge in [0, 0.05) is 54.2 Å². The molecule has 0 aliphatic carbocycles. The van der Waals surface area contributed by atoms with E-state index >= 15 is 4.11 Å². The zero-order valence-electron chi connectivity index (χ0n) is 24.8. The fourth-order valence-electron chi connectivity index (χ4n) is 7.23. The normalized spacial score (nSPS) is 26.8. The number of carbonyl (C=O) groups is 2. The van der Waals surface area contributed by atoms with Gasteiger partial charge in [0.25, 0.3) is 5.91 Å². The molecule has 2 fully saturated rings. The number of ether oxygens (including phenoxy) is 1. The van der Waals surface area contributed by atoms with Crippen LogP contribution in [0.3, 0.4) is 0 Å². The summed E-state index contributed by atoms with van der Waals surface area (Å²) >= 11 is 0. The number of aliphatic hydroxyl groups excluding tert-OH is 1. The minimum atomic E-state index is -3.35. The number of nitrogens with zero attached hydrogens (tertiary/aromatic N) is 4. The van der Waals surface area contributed by atoms with E-state index in [9.17, 15) is 14.7 Å². The number of nitrogens with one attached hydrogen (secondary N) is 2. The number of hydrogen-bond acceptors (Lipinski definition) is 7. The first-order chi connectivity index (χ1) is 20.6. The topological polar surface area (TPSA) is 122 Å². The average Bonchev–Trinajstić information content (AvgIpc) is 3.76. The van der Waals surface area contributed by atoms with Crippen LogP contribution >= 0.6 is 0 Å². The summed E-state index contributed by atoms with van der Waals surface area (Å²) in [4.78, 5) is 29.3. The molecule has 228 valence electrons. The number of benzene rings is 2. The number of hydrogen-bond donors (Lipinski definition) is 3. The minimum Gasteiger partial charge on any atom is -0.396 e. The fraction of sp³-hybridized carbons (Fsp3) is 0.484. The molecular weight excluding hydrogens is 567 g/mol. The number of aliphatic hydroxyl groups is 1. The van der Waals surface area contributed by atoms with Gasteiger partial charge in [0.2, 0.25) is 14.3 Å². The van der Waals surface area contributed by atoms with E-state index in [0.717, 1.165) is 19.4 Å². The smallest absolute Gasteiger partial charge is 0.268 e. The second-order valence-electron chi connectivity index (χ2n) is 12.4. The summed E-state index contributed by atoms with van der Waals surface area (Å²) < 4.78 is 24.8. The van der Waals surface area contributed by atoms with Gasteiger partial charge in [0.15, 0.2) is 5.60 Å². The van der Waals surface area contributed by atoms with Gasteiger partial charge in [0.05, 0.1) is 23.5 Å². The highest BCUT2D eigenvalue weighted by Crippen LogP contribution is 2.61. The molecule has 5 atom stereocenters. The number of aryl methyl sites for hydroxylation is 1. The van der Waals surface area contributed by atoms with Crippen molar-refractivity contribution in [1.82, 2.24) is 20.3 Å². The number of anilines is 3. The lowest BCUT2D eigenvalue weighted by Crippen LogP contribution is -2.44. The van der Waals surface area contributed by atoms with Crippen molar-refractivity contribution < 1.29 is 23.5 Å². The Kier molecular flexibility index (Phi) is 7.96. The molecule has 4 heterocycles. The van der Waals surface area contributed by atoms with E-state index in [1.807, 2.05) is 55.5 Å². The molecule has 0 bridgehead atoms. The highest BCUT2D eigenvalue weighted by atomic mass is 28.4. The van der Waals surface area contributed by atoms with Crippen LogP contribution in [0.5, 0.6) is 0 Å². The molecule has 0 radical (unpaired) electrons. The van der Waals surface area contributed by atoms with Crippen molar-refractivity contribution in [1.29, 1.82) is 0 Å². The van der Waals surface area contributed by atoms with Crippen molar-refractivity contribution in [2.45, 2.75) is 75.5 Å². The number of halogens is 1. The lowest BCUT2D eigenvalue weighted by molar-refractivity contribution is -0.145. The summed E-state index contributed by atoms with van der Waals surface area (Å²) in [5.41, 5.74) is 1.37. The lowest BCUT2D eigenvalue weighted by Gasteiger charge is -2.31. The molecule has 2 aromatic carbocycles. The van der Waals surface area contributed by atoms with Gasteiger partial charge in [-0.05, 0) is 69.2 Å². The molecule has 1 aromatic heterocycles. The number of aromatic nitrogens is 3. The molecule has 2 amide bonds. The quantitative estimate of drug-likeness (QED) is 0.248. The van der Waals surface area contributed by atoms with Gasteiger partial charge in [-0.1, -0.05) is 30.3 Å². The number of rotatable bonds is 9. The minimum absolute atomic E-state index is 0.0206. The Hall–Kier alpha value is -3.45. The first-order valence-corrected chi connectivity index (χ1v) is 18.0. The first-order valence-electron chi connectivity index (χ1n) is 15.1. The van der Waals surface area contributed by atoms with Gasteiger partial charge in [-0.2, -0.15) is 0 Å². The van der Waals surface area contributed by atoms with E-state index in [2.05, 4.69) is 20.9 Å². The summed E-state index contributed by atoms with van der Waals surface area (Å²) in [6.45, 7) is 6.50. The van der Waals surface area contributed by atoms with Crippen molar-refractivity contribution in [2.24, 2.45) is 5.92 Å². The van der Waals surface area contributed by atoms with Crippen molar-refractivity contribution in [2.75, 3.05) is 23.4 Å². The maximum atomic E-state index is 16.2. The number of fused-ring (bicyclic) bond motifs is 2. The maximum absolute atomic E-state index is 16.2. The van der Waals surface area contributed by atoms with Gasteiger partial charge in [-0.25, -0.2) is 0 Å². The van der Waals surface area contributed by atoms with Gasteiger partial charge >= 0.3 is 0 Å². The Labute approximate surface area is 251 Å². The summed E-state index contributed by atoms with van der Waals surface area (Å²) in [5.74, 6) is -0.830. The predicted molar refractivity (Wildman–Crippen MR) is 163 cm³/mol. The Morgan fingerprint density at radius 2 is 2.05 bits per heavy atom. The van der Waals surface area contributed by atoms with Crippen LogP contribution in [0.15, 0.2) is 54.7 Å². The van der Waals surface area contributed by atoms with E-state index in [-0.39, 0.29) is 24.5 Å². The second kappa shape index (κ2) is 11.6. The van der Waals surface area contributed by atoms with Crippen LogP contribution in [-0.2, 0) is 32.9 Å². The standard InChI is InChI=1S/C31H39FN6O4Si/c1-20-28(43(2,3)32)27(13-16-37-19-22(14-17-39)35-36-37)42-31(20)24-18-21(34-29(40)25-10-7-15-33-25)11-12-26(24)38(30(31)41)23-8-5-4-6-9-23/h4-6,8-9,11-12,18-20,25,27-28,33,39H,7,10,13-17H2,1-3H3,(H,34,40)/t20-,25-,27+,28-,31+/m1/s1. The van der Waals surface area contributed by atoms with Crippen molar-refractivity contribution in [3.63, 3.8) is 0 Å². The van der Waals surface area contributed by atoms with Gasteiger partial charge in [-0.3, -0.25) is 19.2 Å². The van der Waals surface area contributed by atoms with Gasteiger partial charge in [-0.15, -0.1) is 5.10 Å². The van der Waals surface area contributed by atoms with Crippen molar-refractivity contribution in [3.05, 3.63) is 66.0 Å². The number of carbonyl (C=O) groups excluding carboxylic acids is 2. The molecule has 1 spiro atoms. The Bertz CT molecular complexity index is 1490. The Balaban J connectivity index is 1.39. The van der Waals surface area contributed by atoms with Crippen LogP contribution in [0.4, 0.5) is 21.2 Å². The average molecular weight is 607 g/mol. The summed E-state index contributed by atoms with van der Waals surface area (Å²) in [6, 6.07) is 14.6. The Morgan fingerprint density at radius 1 is 1.26 bits per heavy atom. The third-order valence-corrected chi connectivity index (χ3v) is 11.6. The summed E-state index contributed by atoms with van der Waals surface area (Å²) in [6.07, 6.45) is 3.80. The SMILES string of the molecule is C[C@@H]1[C@@H]([Si](C)(C)F)[C@H](CCn2cc(CCO)nn2)O[C@@]12C(=O)N(c1ccccc1)c1ccc(NC(=O)[C@H]3CCCN3)cc12. The molecule has 12 heteroatoms. The molecule has 3 aromatic rings. The number of amides is 2. The molecular formula is C31H39FN6O4Si. The molecule has 0 saturated carbocycles. The van der Waals surface area contributed by atoms with Crippen LogP contribution in [0.1, 0.15) is 37.4 Å². The summed E-state index contributed by atoms with van der Waals surface area (Å²) in [7, 11) is -3.35. The van der Waals surface area contributed by atoms with E-state index in [0.29, 0.717) is 47.7 Å². The first kappa shape index (κ1) is 29.6. The monoisotopic (exact) mass is 606 g/mol. The zero-order chi connectivity index (χ0) is 30.4. The molecule has 3 aliphatic rings.